The van der Waals surface area contributed by atoms with Gasteiger partial charge in [0.25, 0.3) is 0 Å². The maximum Gasteiger partial charge on any atom is 0.247 e. The van der Waals surface area contributed by atoms with Crippen LogP contribution in [0.5, 0.6) is 0 Å². The van der Waals surface area contributed by atoms with Gasteiger partial charge in [-0.3, -0.25) is 14.5 Å². The Morgan fingerprint density at radius 1 is 0.789 bits per heavy atom. The summed E-state index contributed by atoms with van der Waals surface area (Å²) >= 11 is 0. The molecule has 1 saturated heterocycles. The zero-order valence-electron chi connectivity index (χ0n) is 22.6. The van der Waals surface area contributed by atoms with E-state index in [0.717, 1.165) is 37.2 Å². The highest BCUT2D eigenvalue weighted by molar-refractivity contribution is 5.93. The van der Waals surface area contributed by atoms with Gasteiger partial charge < -0.3 is 9.80 Å². The highest BCUT2D eigenvalue weighted by Crippen LogP contribution is 2.19. The SMILES string of the molecule is C/C=C/C(=O)N(Cc1ccc(CC)cc1)[C@H](Cc1ccccc1)C(=O)N1CCN(Cc2ccccc2)CC1. The lowest BCUT2D eigenvalue weighted by atomic mass is 10.0. The minimum atomic E-state index is -0.576. The van der Waals surface area contributed by atoms with Crippen LogP contribution in [-0.4, -0.2) is 58.7 Å². The summed E-state index contributed by atoms with van der Waals surface area (Å²) in [7, 11) is 0. The van der Waals surface area contributed by atoms with E-state index >= 15 is 0 Å². The molecule has 1 fully saturated rings. The Balaban J connectivity index is 1.54. The molecule has 0 aliphatic carbocycles. The monoisotopic (exact) mass is 509 g/mol. The summed E-state index contributed by atoms with van der Waals surface area (Å²) in [6.45, 7) is 8.21. The van der Waals surface area contributed by atoms with Crippen molar-refractivity contribution in [3.63, 3.8) is 0 Å². The number of nitrogens with zero attached hydrogens (tertiary/aromatic N) is 3. The average Bonchev–Trinajstić information content (AvgIpc) is 2.96. The molecule has 2 amide bonds. The van der Waals surface area contributed by atoms with Crippen LogP contribution >= 0.6 is 0 Å². The molecule has 5 heteroatoms. The Kier molecular flexibility index (Phi) is 9.88. The second kappa shape index (κ2) is 13.7. The van der Waals surface area contributed by atoms with Gasteiger partial charge >= 0.3 is 0 Å². The average molecular weight is 510 g/mol. The minimum absolute atomic E-state index is 0.0243. The summed E-state index contributed by atoms with van der Waals surface area (Å²) in [4.78, 5) is 33.6. The van der Waals surface area contributed by atoms with Gasteiger partial charge in [0, 0.05) is 45.7 Å². The van der Waals surface area contributed by atoms with Gasteiger partial charge in [-0.1, -0.05) is 97.9 Å². The van der Waals surface area contributed by atoms with Gasteiger partial charge in [0.05, 0.1) is 0 Å². The first kappa shape index (κ1) is 27.3. The van der Waals surface area contributed by atoms with Crippen LogP contribution < -0.4 is 0 Å². The van der Waals surface area contributed by atoms with Gasteiger partial charge in [0.2, 0.25) is 11.8 Å². The molecular weight excluding hydrogens is 470 g/mol. The van der Waals surface area contributed by atoms with E-state index in [1.807, 2.05) is 48.2 Å². The quantitative estimate of drug-likeness (QED) is 0.357. The van der Waals surface area contributed by atoms with Crippen molar-refractivity contribution < 1.29 is 9.59 Å². The van der Waals surface area contributed by atoms with Gasteiger partial charge in [-0.2, -0.15) is 0 Å². The van der Waals surface area contributed by atoms with Crippen LogP contribution in [0.2, 0.25) is 0 Å². The minimum Gasteiger partial charge on any atom is -0.338 e. The molecule has 198 valence electrons. The molecule has 0 unspecified atom stereocenters. The number of aryl methyl sites for hydroxylation is 1. The van der Waals surface area contributed by atoms with E-state index in [4.69, 9.17) is 0 Å². The number of carbonyl (C=O) groups excluding carboxylic acids is 2. The van der Waals surface area contributed by atoms with Crippen LogP contribution in [0.3, 0.4) is 0 Å². The van der Waals surface area contributed by atoms with Gasteiger partial charge in [0.15, 0.2) is 0 Å². The van der Waals surface area contributed by atoms with Crippen LogP contribution in [0.25, 0.3) is 0 Å². The van der Waals surface area contributed by atoms with Crippen molar-refractivity contribution in [1.29, 1.82) is 0 Å². The summed E-state index contributed by atoms with van der Waals surface area (Å²) in [6.07, 6.45) is 4.78. The first-order valence-electron chi connectivity index (χ1n) is 13.7. The van der Waals surface area contributed by atoms with E-state index in [2.05, 4.69) is 60.4 Å². The van der Waals surface area contributed by atoms with Crippen molar-refractivity contribution in [1.82, 2.24) is 14.7 Å². The molecule has 5 nitrogen and oxygen atoms in total. The molecule has 38 heavy (non-hydrogen) atoms. The second-order valence-corrected chi connectivity index (χ2v) is 9.93. The maximum absolute atomic E-state index is 14.1. The Bertz CT molecular complexity index is 1180. The van der Waals surface area contributed by atoms with Crippen LogP contribution in [0.15, 0.2) is 97.1 Å². The third-order valence-electron chi connectivity index (χ3n) is 7.24. The van der Waals surface area contributed by atoms with Crippen molar-refractivity contribution in [2.45, 2.75) is 45.8 Å². The predicted molar refractivity (Wildman–Crippen MR) is 153 cm³/mol. The topological polar surface area (TPSA) is 43.9 Å². The van der Waals surface area contributed by atoms with Crippen molar-refractivity contribution in [3.05, 3.63) is 119 Å². The molecule has 0 N–H and O–H groups in total. The van der Waals surface area contributed by atoms with E-state index in [-0.39, 0.29) is 11.8 Å². The third kappa shape index (κ3) is 7.42. The Hall–Kier alpha value is -3.70. The maximum atomic E-state index is 14.1. The Morgan fingerprint density at radius 2 is 1.37 bits per heavy atom. The van der Waals surface area contributed by atoms with E-state index in [1.54, 1.807) is 17.1 Å². The summed E-state index contributed by atoms with van der Waals surface area (Å²) in [5.41, 5.74) is 4.61. The number of amides is 2. The summed E-state index contributed by atoms with van der Waals surface area (Å²) < 4.78 is 0. The van der Waals surface area contributed by atoms with E-state index in [0.29, 0.717) is 26.1 Å². The number of hydrogen-bond donors (Lipinski definition) is 0. The normalized spacial score (nSPS) is 14.9. The number of hydrogen-bond acceptors (Lipinski definition) is 3. The molecule has 0 bridgehead atoms. The molecule has 0 spiro atoms. The molecule has 0 radical (unpaired) electrons. The van der Waals surface area contributed by atoms with Crippen LogP contribution in [0, 0.1) is 0 Å². The van der Waals surface area contributed by atoms with Crippen LogP contribution in [-0.2, 0) is 35.5 Å². The highest BCUT2D eigenvalue weighted by atomic mass is 16.2. The zero-order valence-corrected chi connectivity index (χ0v) is 22.6. The Labute approximate surface area is 227 Å². The van der Waals surface area contributed by atoms with Gasteiger partial charge in [-0.25, -0.2) is 0 Å². The molecule has 0 saturated carbocycles. The van der Waals surface area contributed by atoms with Crippen LogP contribution in [0.1, 0.15) is 36.1 Å². The van der Waals surface area contributed by atoms with E-state index in [9.17, 15) is 9.59 Å². The molecule has 4 rings (SSSR count). The van der Waals surface area contributed by atoms with Crippen molar-refractivity contribution in [2.24, 2.45) is 0 Å². The van der Waals surface area contributed by atoms with E-state index in [1.165, 1.54) is 11.1 Å². The van der Waals surface area contributed by atoms with Gasteiger partial charge in [-0.05, 0) is 41.7 Å². The summed E-state index contributed by atoms with van der Waals surface area (Å²) in [5, 5.41) is 0. The van der Waals surface area contributed by atoms with Gasteiger partial charge in [-0.15, -0.1) is 0 Å². The second-order valence-electron chi connectivity index (χ2n) is 9.93. The lowest BCUT2D eigenvalue weighted by molar-refractivity contribution is -0.145. The summed E-state index contributed by atoms with van der Waals surface area (Å²) in [5.74, 6) is -0.111. The highest BCUT2D eigenvalue weighted by Gasteiger charge is 2.34. The number of benzene rings is 3. The van der Waals surface area contributed by atoms with Gasteiger partial charge in [0.1, 0.15) is 6.04 Å². The molecule has 1 heterocycles. The largest absolute Gasteiger partial charge is 0.338 e. The zero-order chi connectivity index (χ0) is 26.7. The molecule has 0 aromatic heterocycles. The van der Waals surface area contributed by atoms with Crippen LogP contribution in [0.4, 0.5) is 0 Å². The number of rotatable bonds is 10. The predicted octanol–water partition coefficient (Wildman–Crippen LogP) is 5.11. The smallest absolute Gasteiger partial charge is 0.247 e. The standard InChI is InChI=1S/C33H39N3O2/c1-3-11-32(37)36(26-30-18-16-27(4-2)17-19-30)31(24-28-12-7-5-8-13-28)33(38)35-22-20-34(21-23-35)25-29-14-9-6-10-15-29/h3,5-19,31H,4,20-26H2,1-2H3/b11-3+/t31-/m1/s1. The lowest BCUT2D eigenvalue weighted by Gasteiger charge is -2.39. The van der Waals surface area contributed by atoms with Crippen molar-refractivity contribution >= 4 is 11.8 Å². The fraction of sp³-hybridized carbons (Fsp3) is 0.333. The fourth-order valence-electron chi connectivity index (χ4n) is 5.00. The summed E-state index contributed by atoms with van der Waals surface area (Å²) in [6, 6.07) is 28.2. The van der Waals surface area contributed by atoms with Crippen molar-refractivity contribution in [2.75, 3.05) is 26.2 Å². The molecule has 1 atom stereocenters. The first-order chi connectivity index (χ1) is 18.6. The lowest BCUT2D eigenvalue weighted by Crippen LogP contribution is -2.56. The fourth-order valence-corrected chi connectivity index (χ4v) is 5.00. The number of piperazine rings is 1. The molecule has 1 aliphatic heterocycles. The molecule has 3 aromatic carbocycles. The Morgan fingerprint density at radius 3 is 1.95 bits per heavy atom. The number of allylic oxidation sites excluding steroid dienone is 1. The van der Waals surface area contributed by atoms with Crippen molar-refractivity contribution in [3.8, 4) is 0 Å². The molecule has 1 aliphatic rings. The number of carbonyl (C=O) groups is 2. The molecular formula is C33H39N3O2. The third-order valence-corrected chi connectivity index (χ3v) is 7.24. The first-order valence-corrected chi connectivity index (χ1v) is 13.7. The molecule has 3 aromatic rings. The van der Waals surface area contributed by atoms with E-state index < -0.39 is 6.04 Å².